The lowest BCUT2D eigenvalue weighted by molar-refractivity contribution is 0.317. The van der Waals surface area contributed by atoms with Crippen LogP contribution in [0.15, 0.2) is 160 Å². The topological polar surface area (TPSA) is 330 Å². The number of phenols is 1. The van der Waals surface area contributed by atoms with Crippen LogP contribution in [0.4, 0.5) is 62.6 Å². The highest BCUT2D eigenvalue weighted by molar-refractivity contribution is 7.86. The number of benzene rings is 7. The largest absolute Gasteiger partial charge is 0.505 e. The van der Waals surface area contributed by atoms with Gasteiger partial charge < -0.3 is 20.9 Å². The summed E-state index contributed by atoms with van der Waals surface area (Å²) in [7, 11) is -13.4. The molecule has 0 amide bonds. The zero-order valence-corrected chi connectivity index (χ0v) is 41.5. The van der Waals surface area contributed by atoms with Gasteiger partial charge in [0.15, 0.2) is 5.75 Å². The van der Waals surface area contributed by atoms with Crippen molar-refractivity contribution >= 4 is 104 Å². The Hall–Kier alpha value is -7.87. The molecule has 0 saturated heterocycles. The molecule has 0 unspecified atom stereocenters. The van der Waals surface area contributed by atoms with E-state index < -0.39 is 45.9 Å². The van der Waals surface area contributed by atoms with Crippen LogP contribution in [-0.4, -0.2) is 56.4 Å². The summed E-state index contributed by atoms with van der Waals surface area (Å²) in [6.07, 6.45) is -0.0473. The predicted molar refractivity (Wildman–Crippen MR) is 272 cm³/mol. The predicted octanol–water partition coefficient (Wildman–Crippen LogP) is 13.2. The molecular weight excluding hydrogens is 989 g/mol. The molecule has 0 spiro atoms. The number of hydrogen-bond acceptors (Lipinski definition) is 18. The Bertz CT molecular complexity index is 3750. The van der Waals surface area contributed by atoms with Crippen molar-refractivity contribution < 1.29 is 48.8 Å². The summed E-state index contributed by atoms with van der Waals surface area (Å²) in [6.45, 7) is 8.94. The highest BCUT2D eigenvalue weighted by atomic mass is 32.2. The number of phenolic OH excluding ortho intramolecular Hbond substituents is 1. The van der Waals surface area contributed by atoms with E-state index in [9.17, 15) is 44.0 Å². The zero-order valence-electron chi connectivity index (χ0n) is 39.0. The Labute approximate surface area is 414 Å². The fraction of sp³-hybridized carbons (Fsp3) is 0.167. The number of rotatable bonds is 17. The number of ether oxygens (including phenoxy) is 1. The van der Waals surface area contributed by atoms with Crippen LogP contribution in [0.1, 0.15) is 34.2 Å². The summed E-state index contributed by atoms with van der Waals surface area (Å²) in [5.74, 6) is -0.493. The van der Waals surface area contributed by atoms with E-state index in [1.54, 1.807) is 61.5 Å². The maximum Gasteiger partial charge on any atom is 0.296 e. The lowest BCUT2D eigenvalue weighted by Crippen LogP contribution is -2.08. The second-order valence-electron chi connectivity index (χ2n) is 16.4. The first-order valence-corrected chi connectivity index (χ1v) is 26.0. The summed E-state index contributed by atoms with van der Waals surface area (Å²) in [5, 5.41) is 50.3. The van der Waals surface area contributed by atoms with Crippen LogP contribution in [-0.2, 0) is 30.4 Å². The quantitative estimate of drug-likeness (QED) is 0.0214. The molecule has 0 atom stereocenters. The number of nitrogens with two attached hydrogens (primary N) is 1. The average Bonchev–Trinajstić information content (AvgIpc) is 3.30. The first-order valence-electron chi connectivity index (χ1n) is 21.5. The molecule has 0 aliphatic heterocycles. The number of aryl methyl sites for hydroxylation is 5. The van der Waals surface area contributed by atoms with Crippen LogP contribution in [0, 0.1) is 34.6 Å². The minimum Gasteiger partial charge on any atom is -0.505 e. The molecule has 7 aromatic carbocycles. The van der Waals surface area contributed by atoms with Crippen molar-refractivity contribution in [1.82, 2.24) is 0 Å². The summed E-state index contributed by atoms with van der Waals surface area (Å²) >= 11 is 0. The van der Waals surface area contributed by atoms with Gasteiger partial charge in [-0.2, -0.15) is 50.8 Å². The lowest BCUT2D eigenvalue weighted by atomic mass is 10.1. The molecule has 0 heterocycles. The van der Waals surface area contributed by atoms with Gasteiger partial charge in [0.05, 0.1) is 46.5 Å². The average molecular weight is 1040 g/mol. The van der Waals surface area contributed by atoms with Gasteiger partial charge in [-0.25, -0.2) is 0 Å². The maximum atomic E-state index is 11.9. The van der Waals surface area contributed by atoms with Gasteiger partial charge in [-0.3, -0.25) is 13.7 Å². The maximum absolute atomic E-state index is 11.9. The van der Waals surface area contributed by atoms with Gasteiger partial charge in [-0.05, 0) is 159 Å². The van der Waals surface area contributed by atoms with E-state index in [1.807, 2.05) is 39.8 Å². The fourth-order valence-electron chi connectivity index (χ4n) is 7.04. The summed E-state index contributed by atoms with van der Waals surface area (Å²) < 4.78 is 104. The van der Waals surface area contributed by atoms with Gasteiger partial charge in [0, 0.05) is 22.8 Å². The van der Waals surface area contributed by atoms with Crippen LogP contribution in [0.3, 0.4) is 0 Å². The Morgan fingerprint density at radius 3 is 1.50 bits per heavy atom. The van der Waals surface area contributed by atoms with E-state index in [-0.39, 0.29) is 53.0 Å². The van der Waals surface area contributed by atoms with E-state index in [1.165, 1.54) is 42.5 Å². The van der Waals surface area contributed by atoms with Crippen molar-refractivity contribution in [3.8, 4) is 11.5 Å². The number of aromatic hydroxyl groups is 1. The molecule has 72 heavy (non-hydrogen) atoms. The van der Waals surface area contributed by atoms with Crippen molar-refractivity contribution in [3.05, 3.63) is 137 Å². The molecule has 7 N–H and O–H groups in total. The second-order valence-corrected chi connectivity index (χ2v) is 20.8. The van der Waals surface area contributed by atoms with Gasteiger partial charge in [0.1, 0.15) is 32.6 Å². The molecule has 0 saturated carbocycles. The highest BCUT2D eigenvalue weighted by Crippen LogP contribution is 2.41. The van der Waals surface area contributed by atoms with E-state index in [0.29, 0.717) is 56.0 Å². The Morgan fingerprint density at radius 2 is 0.958 bits per heavy atom. The fourth-order valence-corrected chi connectivity index (χ4v) is 8.79. The number of azo groups is 4. The van der Waals surface area contributed by atoms with Gasteiger partial charge in [0.25, 0.3) is 30.4 Å². The van der Waals surface area contributed by atoms with Crippen LogP contribution >= 0.6 is 0 Å². The molecule has 7 aromatic rings. The molecule has 21 nitrogen and oxygen atoms in total. The monoisotopic (exact) mass is 1030 g/mol. The van der Waals surface area contributed by atoms with Crippen LogP contribution in [0.5, 0.6) is 11.5 Å². The lowest BCUT2D eigenvalue weighted by Gasteiger charge is -2.11. The van der Waals surface area contributed by atoms with Crippen molar-refractivity contribution in [2.75, 3.05) is 23.4 Å². The molecule has 24 heteroatoms. The first-order chi connectivity index (χ1) is 33.9. The standard InChI is InChI=1S/C48H46N10O11S3/c1-27-20-40(28(2)19-39(27)53-52-38-16-11-32-24-33(12-14-35(32)48(38)59)50-34-13-15-36(49)47(25-34)72(66,67)68)54-55-41-21-30(4)42(22-29(41)3)56-58-44-23-31(5)43(26-45(44)69-17-8-18-70(60,61)62)57-51-37-9-6-7-10-46(37)71(63,64)65/h6-7,9-16,19-26,50,59H,8,17-18,49H2,1-5H3,(H,60,61,62)(H,63,64,65)(H,66,67,68). The smallest absolute Gasteiger partial charge is 0.296 e. The minimum atomic E-state index is -4.59. The highest BCUT2D eigenvalue weighted by Gasteiger charge is 2.18. The van der Waals surface area contributed by atoms with Gasteiger partial charge in [0.2, 0.25) is 0 Å². The molecule has 372 valence electrons. The molecule has 0 fully saturated rings. The molecule has 0 aromatic heterocycles. The second kappa shape index (κ2) is 21.2. The van der Waals surface area contributed by atoms with Crippen molar-refractivity contribution in [3.63, 3.8) is 0 Å². The third-order valence-electron chi connectivity index (χ3n) is 10.9. The van der Waals surface area contributed by atoms with Crippen molar-refractivity contribution in [1.29, 1.82) is 0 Å². The van der Waals surface area contributed by atoms with E-state index >= 15 is 0 Å². The molecule has 7 rings (SSSR count). The molecular formula is C48H46N10O11S3. The molecule has 0 aliphatic rings. The van der Waals surface area contributed by atoms with Crippen molar-refractivity contribution in [2.45, 2.75) is 50.8 Å². The number of hydrogen-bond donors (Lipinski definition) is 6. The third kappa shape index (κ3) is 12.9. The molecule has 0 radical (unpaired) electrons. The van der Waals surface area contributed by atoms with Gasteiger partial charge in [-0.15, -0.1) is 15.3 Å². The van der Waals surface area contributed by atoms with E-state index in [2.05, 4.69) is 46.2 Å². The van der Waals surface area contributed by atoms with E-state index in [0.717, 1.165) is 16.7 Å². The molecule has 0 bridgehead atoms. The first kappa shape index (κ1) is 52.0. The number of nitrogens with one attached hydrogen (secondary N) is 1. The molecule has 0 aliphatic carbocycles. The van der Waals surface area contributed by atoms with E-state index in [4.69, 9.17) is 10.5 Å². The Morgan fingerprint density at radius 1 is 0.500 bits per heavy atom. The number of anilines is 3. The summed E-state index contributed by atoms with van der Waals surface area (Å²) in [4.78, 5) is -0.856. The van der Waals surface area contributed by atoms with Crippen LogP contribution < -0.4 is 15.8 Å². The summed E-state index contributed by atoms with van der Waals surface area (Å²) in [5.41, 5.74) is 12.9. The summed E-state index contributed by atoms with van der Waals surface area (Å²) in [6, 6.07) is 28.5. The zero-order chi connectivity index (χ0) is 52.1. The minimum absolute atomic E-state index is 0.0473. The van der Waals surface area contributed by atoms with Crippen molar-refractivity contribution in [2.24, 2.45) is 40.9 Å². The number of fused-ring (bicyclic) bond motifs is 1. The number of nitrogens with zero attached hydrogens (tertiary/aromatic N) is 8. The SMILES string of the molecule is Cc1cc(N=Nc2cc(C)c(N=Nc3ccccc3S(=O)(=O)O)cc2OCCCS(=O)(=O)O)c(C)cc1N=Nc1cc(C)c(N=Nc2ccc3cc(Nc4ccc(N)c(S(=O)(=O)O)c4)ccc3c2O)cc1C. The normalized spacial score (nSPS) is 12.6. The Kier molecular flexibility index (Phi) is 15.3. The third-order valence-corrected chi connectivity index (χ3v) is 13.5. The van der Waals surface area contributed by atoms with Crippen LogP contribution in [0.25, 0.3) is 10.8 Å². The van der Waals surface area contributed by atoms with Gasteiger partial charge in [-0.1, -0.05) is 18.2 Å². The van der Waals surface area contributed by atoms with Gasteiger partial charge >= 0.3 is 0 Å². The Balaban J connectivity index is 1.07. The van der Waals surface area contributed by atoms with Crippen LogP contribution in [0.2, 0.25) is 0 Å². The number of nitrogen functional groups attached to an aromatic ring is 1.